The smallest absolute Gasteiger partial charge is 0.234 e. The highest BCUT2D eigenvalue weighted by atomic mass is 32.2. The zero-order valence-electron chi connectivity index (χ0n) is 16.9. The molecule has 4 aromatic rings. The highest BCUT2D eigenvalue weighted by molar-refractivity contribution is 7.99. The molecule has 3 N–H and O–H groups in total. The van der Waals surface area contributed by atoms with Crippen LogP contribution in [-0.4, -0.2) is 33.5 Å². The van der Waals surface area contributed by atoms with Crippen molar-refractivity contribution in [2.24, 2.45) is 0 Å². The van der Waals surface area contributed by atoms with Crippen LogP contribution in [0.1, 0.15) is 0 Å². The van der Waals surface area contributed by atoms with Gasteiger partial charge in [-0.15, -0.1) is 10.2 Å². The number of hydrogen-bond acceptors (Lipinski definition) is 6. The zero-order valence-corrected chi connectivity index (χ0v) is 17.7. The molecule has 1 heterocycles. The van der Waals surface area contributed by atoms with Gasteiger partial charge in [0.1, 0.15) is 5.75 Å². The van der Waals surface area contributed by atoms with E-state index >= 15 is 0 Å². The topological polar surface area (TPSA) is 95.1 Å². The first-order valence-electron chi connectivity index (χ1n) is 9.58. The summed E-state index contributed by atoms with van der Waals surface area (Å²) >= 11 is 1.31. The fraction of sp³-hybridized carbons (Fsp3) is 0.0870. The van der Waals surface area contributed by atoms with E-state index in [-0.39, 0.29) is 11.7 Å². The van der Waals surface area contributed by atoms with E-state index in [1.165, 1.54) is 11.8 Å². The Morgan fingerprint density at radius 3 is 2.58 bits per heavy atom. The quantitative estimate of drug-likeness (QED) is 0.335. The van der Waals surface area contributed by atoms with Crippen molar-refractivity contribution in [2.45, 2.75) is 5.16 Å². The summed E-state index contributed by atoms with van der Waals surface area (Å²) in [4.78, 5) is 12.6. The minimum atomic E-state index is -0.164. The molecule has 7 nitrogen and oxygen atoms in total. The standard InChI is InChI=1S/C23H21N5O2S/c1-30-20-13-6-5-12-19(20)25-21(29)15-31-23-27-26-22(16-8-7-9-17(24)14-16)28(23)18-10-3-2-4-11-18/h2-14H,15,24H2,1H3,(H,25,29). The lowest BCUT2D eigenvalue weighted by Gasteiger charge is -2.11. The number of amides is 1. The zero-order chi connectivity index (χ0) is 21.6. The fourth-order valence-corrected chi connectivity index (χ4v) is 3.85. The molecule has 0 bridgehead atoms. The van der Waals surface area contributed by atoms with Crippen molar-refractivity contribution in [2.75, 3.05) is 23.9 Å². The van der Waals surface area contributed by atoms with Crippen molar-refractivity contribution in [3.63, 3.8) is 0 Å². The van der Waals surface area contributed by atoms with Gasteiger partial charge in [-0.3, -0.25) is 9.36 Å². The van der Waals surface area contributed by atoms with E-state index in [2.05, 4.69) is 15.5 Å². The van der Waals surface area contributed by atoms with Crippen LogP contribution in [0.5, 0.6) is 5.75 Å². The largest absolute Gasteiger partial charge is 0.495 e. The molecular weight excluding hydrogens is 410 g/mol. The molecule has 0 spiro atoms. The number of nitrogen functional groups attached to an aromatic ring is 1. The number of aromatic nitrogens is 3. The summed E-state index contributed by atoms with van der Waals surface area (Å²) in [6.07, 6.45) is 0. The van der Waals surface area contributed by atoms with Crippen LogP contribution in [0.2, 0.25) is 0 Å². The van der Waals surface area contributed by atoms with Crippen LogP contribution in [-0.2, 0) is 4.79 Å². The van der Waals surface area contributed by atoms with Crippen LogP contribution in [0.4, 0.5) is 11.4 Å². The number of nitrogens with two attached hydrogens (primary N) is 1. The van der Waals surface area contributed by atoms with Gasteiger partial charge in [0.05, 0.1) is 18.6 Å². The SMILES string of the molecule is COc1ccccc1NC(=O)CSc1nnc(-c2cccc(N)c2)n1-c1ccccc1. The Morgan fingerprint density at radius 2 is 1.81 bits per heavy atom. The summed E-state index contributed by atoms with van der Waals surface area (Å²) in [7, 11) is 1.57. The van der Waals surface area contributed by atoms with Gasteiger partial charge in [0.2, 0.25) is 5.91 Å². The number of hydrogen-bond donors (Lipinski definition) is 2. The average molecular weight is 432 g/mol. The Labute approximate surface area is 184 Å². The molecule has 3 aromatic carbocycles. The Morgan fingerprint density at radius 1 is 1.03 bits per heavy atom. The number of methoxy groups -OCH3 is 1. The van der Waals surface area contributed by atoms with Crippen LogP contribution >= 0.6 is 11.8 Å². The van der Waals surface area contributed by atoms with E-state index in [9.17, 15) is 4.79 Å². The van der Waals surface area contributed by atoms with Crippen LogP contribution < -0.4 is 15.8 Å². The monoisotopic (exact) mass is 431 g/mol. The Hall–Kier alpha value is -3.78. The number of carbonyl (C=O) groups excluding carboxylic acids is 1. The molecule has 0 saturated carbocycles. The number of carbonyl (C=O) groups is 1. The highest BCUT2D eigenvalue weighted by Crippen LogP contribution is 2.29. The van der Waals surface area contributed by atoms with Gasteiger partial charge in [0.15, 0.2) is 11.0 Å². The third-order valence-corrected chi connectivity index (χ3v) is 5.43. The van der Waals surface area contributed by atoms with Crippen molar-refractivity contribution in [3.05, 3.63) is 78.9 Å². The maximum atomic E-state index is 12.6. The minimum absolute atomic E-state index is 0.164. The summed E-state index contributed by atoms with van der Waals surface area (Å²) in [5.41, 5.74) is 8.98. The Bertz CT molecular complexity index is 1190. The fourth-order valence-electron chi connectivity index (χ4n) is 3.10. The molecule has 0 radical (unpaired) electrons. The first kappa shape index (κ1) is 20.5. The first-order chi connectivity index (χ1) is 15.2. The number of benzene rings is 3. The van der Waals surface area contributed by atoms with Gasteiger partial charge >= 0.3 is 0 Å². The molecule has 31 heavy (non-hydrogen) atoms. The molecule has 1 aromatic heterocycles. The molecule has 0 aliphatic carbocycles. The number of ether oxygens (including phenoxy) is 1. The molecule has 0 saturated heterocycles. The molecule has 0 atom stereocenters. The van der Waals surface area contributed by atoms with Gasteiger partial charge in [-0.05, 0) is 36.4 Å². The second-order valence-corrected chi connectivity index (χ2v) is 7.58. The maximum Gasteiger partial charge on any atom is 0.234 e. The van der Waals surface area contributed by atoms with Gasteiger partial charge in [-0.1, -0.05) is 54.2 Å². The molecule has 0 aliphatic heterocycles. The predicted octanol–water partition coefficient (Wildman–Crippen LogP) is 4.26. The Kier molecular flexibility index (Phi) is 6.18. The van der Waals surface area contributed by atoms with E-state index in [1.54, 1.807) is 19.2 Å². The van der Waals surface area contributed by atoms with Gasteiger partial charge in [0.25, 0.3) is 0 Å². The third kappa shape index (κ3) is 4.70. The van der Waals surface area contributed by atoms with Crippen molar-refractivity contribution < 1.29 is 9.53 Å². The second kappa shape index (κ2) is 9.36. The van der Waals surface area contributed by atoms with Gasteiger partial charge < -0.3 is 15.8 Å². The number of rotatable bonds is 7. The highest BCUT2D eigenvalue weighted by Gasteiger charge is 2.18. The van der Waals surface area contributed by atoms with Crippen LogP contribution in [0.25, 0.3) is 17.1 Å². The van der Waals surface area contributed by atoms with E-state index in [0.717, 1.165) is 11.3 Å². The van der Waals surface area contributed by atoms with E-state index in [0.29, 0.717) is 28.1 Å². The number of nitrogens with one attached hydrogen (secondary N) is 1. The molecule has 156 valence electrons. The maximum absolute atomic E-state index is 12.6. The average Bonchev–Trinajstić information content (AvgIpc) is 3.23. The molecular formula is C23H21N5O2S. The molecule has 0 fully saturated rings. The van der Waals surface area contributed by atoms with Gasteiger partial charge in [-0.25, -0.2) is 0 Å². The number of anilines is 2. The third-order valence-electron chi connectivity index (χ3n) is 4.51. The number of nitrogens with zero attached hydrogens (tertiary/aromatic N) is 3. The lowest BCUT2D eigenvalue weighted by Crippen LogP contribution is -2.15. The Balaban J connectivity index is 1.59. The van der Waals surface area contributed by atoms with Gasteiger partial charge in [-0.2, -0.15) is 0 Å². The normalized spacial score (nSPS) is 10.6. The van der Waals surface area contributed by atoms with Crippen molar-refractivity contribution in [1.29, 1.82) is 0 Å². The summed E-state index contributed by atoms with van der Waals surface area (Å²) in [5, 5.41) is 12.2. The number of para-hydroxylation sites is 3. The van der Waals surface area contributed by atoms with Crippen molar-refractivity contribution in [3.8, 4) is 22.8 Å². The molecule has 1 amide bonds. The van der Waals surface area contributed by atoms with E-state index in [4.69, 9.17) is 10.5 Å². The summed E-state index contributed by atoms with van der Waals surface area (Å²) < 4.78 is 7.22. The second-order valence-electron chi connectivity index (χ2n) is 6.64. The van der Waals surface area contributed by atoms with Crippen LogP contribution in [0.3, 0.4) is 0 Å². The number of thioether (sulfide) groups is 1. The molecule has 8 heteroatoms. The van der Waals surface area contributed by atoms with E-state index < -0.39 is 0 Å². The predicted molar refractivity (Wildman–Crippen MR) is 124 cm³/mol. The molecule has 0 unspecified atom stereocenters. The molecule has 0 aliphatic rings. The molecule has 4 rings (SSSR count). The van der Waals surface area contributed by atoms with Gasteiger partial charge in [0, 0.05) is 16.9 Å². The lowest BCUT2D eigenvalue weighted by molar-refractivity contribution is -0.113. The van der Waals surface area contributed by atoms with Crippen molar-refractivity contribution in [1.82, 2.24) is 14.8 Å². The summed E-state index contributed by atoms with van der Waals surface area (Å²) in [6.45, 7) is 0. The minimum Gasteiger partial charge on any atom is -0.495 e. The summed E-state index contributed by atoms with van der Waals surface area (Å²) in [5.74, 6) is 1.27. The van der Waals surface area contributed by atoms with E-state index in [1.807, 2.05) is 71.3 Å². The first-order valence-corrected chi connectivity index (χ1v) is 10.6. The van der Waals surface area contributed by atoms with Crippen LogP contribution in [0, 0.1) is 0 Å². The summed E-state index contributed by atoms with van der Waals surface area (Å²) in [6, 6.07) is 24.6. The lowest BCUT2D eigenvalue weighted by atomic mass is 10.2. The van der Waals surface area contributed by atoms with Crippen LogP contribution in [0.15, 0.2) is 84.0 Å². The van der Waals surface area contributed by atoms with Crippen molar-refractivity contribution >= 4 is 29.0 Å².